The van der Waals surface area contributed by atoms with Crippen molar-refractivity contribution in [2.75, 3.05) is 38.5 Å². The number of pyridine rings is 2. The number of aryl methyl sites for hydroxylation is 1. The molecule has 1 saturated heterocycles. The van der Waals surface area contributed by atoms with Crippen molar-refractivity contribution in [2.45, 2.75) is 19.6 Å². The maximum Gasteiger partial charge on any atom is 0.416 e. The first-order valence-electron chi connectivity index (χ1n) is 12.5. The van der Waals surface area contributed by atoms with Crippen LogP contribution in [0.2, 0.25) is 0 Å². The smallest absolute Gasteiger partial charge is 0.322 e. The molecule has 7 nitrogen and oxygen atoms in total. The molecule has 0 radical (unpaired) electrons. The molecule has 1 N–H and O–H groups in total. The van der Waals surface area contributed by atoms with Gasteiger partial charge in [-0.15, -0.1) is 0 Å². The van der Waals surface area contributed by atoms with E-state index in [1.807, 2.05) is 40.7 Å². The zero-order chi connectivity index (χ0) is 27.6. The zero-order valence-corrected chi connectivity index (χ0v) is 21.6. The standard InChI is InChI=1S/C29H27F3N6O/c1-20-21(7-9-25-18-34-27-5-3-4-10-38(25)27)15-23(17-33-20)28(39)35-24-8-6-22(26(16-24)29(30,31)32)19-37-13-11-36(2)12-14-37/h3-6,8,10,15-18H,11-14,19H2,1-2H3,(H,35,39). The fourth-order valence-electron chi connectivity index (χ4n) is 4.45. The van der Waals surface area contributed by atoms with Crippen molar-refractivity contribution in [1.29, 1.82) is 0 Å². The van der Waals surface area contributed by atoms with Gasteiger partial charge < -0.3 is 10.2 Å². The molecular formula is C29H27F3N6O. The Labute approximate surface area is 224 Å². The molecule has 4 aromatic rings. The fourth-order valence-corrected chi connectivity index (χ4v) is 4.45. The minimum Gasteiger partial charge on any atom is -0.322 e. The second kappa shape index (κ2) is 10.9. The van der Waals surface area contributed by atoms with Crippen molar-refractivity contribution in [2.24, 2.45) is 0 Å². The van der Waals surface area contributed by atoms with E-state index in [0.717, 1.165) is 24.8 Å². The lowest BCUT2D eigenvalue weighted by Gasteiger charge is -2.33. The van der Waals surface area contributed by atoms with Crippen molar-refractivity contribution in [1.82, 2.24) is 24.2 Å². The third-order valence-corrected chi connectivity index (χ3v) is 6.75. The Morgan fingerprint density at radius 3 is 2.59 bits per heavy atom. The first-order valence-corrected chi connectivity index (χ1v) is 12.5. The number of hydrogen-bond donors (Lipinski definition) is 1. The number of rotatable bonds is 4. The quantitative estimate of drug-likeness (QED) is 0.394. The van der Waals surface area contributed by atoms with Gasteiger partial charge in [-0.25, -0.2) is 4.98 Å². The molecule has 4 heterocycles. The van der Waals surface area contributed by atoms with Gasteiger partial charge >= 0.3 is 6.18 Å². The average Bonchev–Trinajstić information content (AvgIpc) is 3.33. The van der Waals surface area contributed by atoms with Crippen LogP contribution in [0.5, 0.6) is 0 Å². The number of nitrogens with one attached hydrogen (secondary N) is 1. The Kier molecular flexibility index (Phi) is 7.37. The number of fused-ring (bicyclic) bond motifs is 1. The first kappa shape index (κ1) is 26.4. The third kappa shape index (κ3) is 6.11. The van der Waals surface area contributed by atoms with Crippen LogP contribution < -0.4 is 5.32 Å². The Morgan fingerprint density at radius 2 is 1.82 bits per heavy atom. The Hall–Kier alpha value is -4.20. The number of halogens is 3. The molecule has 1 aliphatic heterocycles. The van der Waals surface area contributed by atoms with Crippen molar-refractivity contribution < 1.29 is 18.0 Å². The van der Waals surface area contributed by atoms with Gasteiger partial charge in [-0.2, -0.15) is 13.2 Å². The van der Waals surface area contributed by atoms with Crippen LogP contribution in [0.1, 0.15) is 38.4 Å². The van der Waals surface area contributed by atoms with E-state index >= 15 is 0 Å². The van der Waals surface area contributed by atoms with Crippen LogP contribution in [0, 0.1) is 18.8 Å². The number of carbonyl (C=O) groups excluding carboxylic acids is 1. The number of aromatic nitrogens is 3. The molecule has 3 aromatic heterocycles. The van der Waals surface area contributed by atoms with Crippen molar-refractivity contribution in [3.05, 3.63) is 94.7 Å². The molecule has 0 bridgehead atoms. The Balaban J connectivity index is 1.35. The van der Waals surface area contributed by atoms with Crippen molar-refractivity contribution >= 4 is 17.2 Å². The molecule has 0 atom stereocenters. The van der Waals surface area contributed by atoms with Crippen LogP contribution in [-0.4, -0.2) is 63.3 Å². The molecule has 0 spiro atoms. The molecule has 200 valence electrons. The van der Waals surface area contributed by atoms with E-state index < -0.39 is 17.6 Å². The molecule has 1 fully saturated rings. The second-order valence-corrected chi connectivity index (χ2v) is 9.58. The van der Waals surface area contributed by atoms with E-state index in [9.17, 15) is 18.0 Å². The van der Waals surface area contributed by atoms with Crippen LogP contribution in [0.4, 0.5) is 18.9 Å². The van der Waals surface area contributed by atoms with Crippen LogP contribution in [0.25, 0.3) is 5.65 Å². The predicted octanol–water partition coefficient (Wildman–Crippen LogP) is 4.46. The second-order valence-electron chi connectivity index (χ2n) is 9.58. The molecule has 0 unspecified atom stereocenters. The summed E-state index contributed by atoms with van der Waals surface area (Å²) in [5.74, 6) is 5.52. The minimum absolute atomic E-state index is 0.0633. The van der Waals surface area contributed by atoms with Gasteiger partial charge in [0.2, 0.25) is 0 Å². The molecule has 0 saturated carbocycles. The van der Waals surface area contributed by atoms with Crippen molar-refractivity contribution in [3.8, 4) is 11.8 Å². The number of anilines is 1. The molecule has 10 heteroatoms. The van der Waals surface area contributed by atoms with Gasteiger partial charge in [0.1, 0.15) is 11.3 Å². The van der Waals surface area contributed by atoms with Gasteiger partial charge in [0.05, 0.1) is 23.0 Å². The summed E-state index contributed by atoms with van der Waals surface area (Å²) in [6.45, 7) is 5.00. The fraction of sp³-hybridized carbons (Fsp3) is 0.276. The summed E-state index contributed by atoms with van der Waals surface area (Å²) in [7, 11) is 2.00. The van der Waals surface area contributed by atoms with E-state index in [0.29, 0.717) is 30.0 Å². The summed E-state index contributed by atoms with van der Waals surface area (Å²) in [4.78, 5) is 25.7. The third-order valence-electron chi connectivity index (χ3n) is 6.75. The molecule has 0 aliphatic carbocycles. The summed E-state index contributed by atoms with van der Waals surface area (Å²) in [5.41, 5.74) is 2.29. The highest BCUT2D eigenvalue weighted by Crippen LogP contribution is 2.34. The van der Waals surface area contributed by atoms with E-state index in [4.69, 9.17) is 0 Å². The monoisotopic (exact) mass is 532 g/mol. The maximum atomic E-state index is 13.9. The average molecular weight is 533 g/mol. The van der Waals surface area contributed by atoms with Crippen LogP contribution in [-0.2, 0) is 12.7 Å². The largest absolute Gasteiger partial charge is 0.416 e. The topological polar surface area (TPSA) is 65.8 Å². The van der Waals surface area contributed by atoms with E-state index in [1.54, 1.807) is 19.2 Å². The summed E-state index contributed by atoms with van der Waals surface area (Å²) >= 11 is 0. The van der Waals surface area contributed by atoms with Crippen LogP contribution in [0.15, 0.2) is 61.1 Å². The highest BCUT2D eigenvalue weighted by atomic mass is 19.4. The predicted molar refractivity (Wildman–Crippen MR) is 142 cm³/mol. The summed E-state index contributed by atoms with van der Waals surface area (Å²) in [5, 5.41) is 2.59. The number of amides is 1. The Morgan fingerprint density at radius 1 is 1.03 bits per heavy atom. The molecule has 1 aromatic carbocycles. The van der Waals surface area contributed by atoms with E-state index in [-0.39, 0.29) is 23.4 Å². The summed E-state index contributed by atoms with van der Waals surface area (Å²) in [6, 6.07) is 11.2. The van der Waals surface area contributed by atoms with Crippen LogP contribution in [0.3, 0.4) is 0 Å². The zero-order valence-electron chi connectivity index (χ0n) is 21.6. The number of alkyl halides is 3. The molecule has 1 amide bonds. The van der Waals surface area contributed by atoms with E-state index in [2.05, 4.69) is 32.0 Å². The minimum atomic E-state index is -4.55. The number of hydrogen-bond acceptors (Lipinski definition) is 5. The molecule has 5 rings (SSSR count). The SMILES string of the molecule is Cc1ncc(C(=O)Nc2ccc(CN3CCN(C)CC3)c(C(F)(F)F)c2)cc1C#Cc1cnc2ccccn12. The number of piperazine rings is 1. The number of imidazole rings is 1. The lowest BCUT2D eigenvalue weighted by atomic mass is 10.0. The lowest BCUT2D eigenvalue weighted by molar-refractivity contribution is -0.138. The van der Waals surface area contributed by atoms with Crippen LogP contribution >= 0.6 is 0 Å². The Bertz CT molecular complexity index is 1580. The van der Waals surface area contributed by atoms with Gasteiger partial charge in [-0.3, -0.25) is 19.1 Å². The van der Waals surface area contributed by atoms with Gasteiger partial charge in [0.15, 0.2) is 0 Å². The number of benzene rings is 1. The van der Waals surface area contributed by atoms with Gasteiger partial charge in [0.25, 0.3) is 5.91 Å². The number of carbonyl (C=O) groups is 1. The summed E-state index contributed by atoms with van der Waals surface area (Å²) in [6.07, 6.45) is 0.353. The van der Waals surface area contributed by atoms with Crippen molar-refractivity contribution in [3.63, 3.8) is 0 Å². The van der Waals surface area contributed by atoms with Gasteiger partial charge in [0, 0.05) is 56.4 Å². The van der Waals surface area contributed by atoms with Gasteiger partial charge in [-0.05, 0) is 55.8 Å². The molecular weight excluding hydrogens is 505 g/mol. The van der Waals surface area contributed by atoms with Gasteiger partial charge in [-0.1, -0.05) is 18.1 Å². The summed E-state index contributed by atoms with van der Waals surface area (Å²) < 4.78 is 43.6. The normalized spacial score (nSPS) is 14.7. The number of likely N-dealkylation sites (N-methyl/N-ethyl adjacent to an activating group) is 1. The highest BCUT2D eigenvalue weighted by molar-refractivity contribution is 6.04. The highest BCUT2D eigenvalue weighted by Gasteiger charge is 2.34. The molecule has 1 aliphatic rings. The first-order chi connectivity index (χ1) is 18.7. The molecule has 39 heavy (non-hydrogen) atoms. The van der Waals surface area contributed by atoms with E-state index in [1.165, 1.54) is 18.3 Å². The maximum absolute atomic E-state index is 13.9. The lowest BCUT2D eigenvalue weighted by Crippen LogP contribution is -2.44. The number of nitrogens with zero attached hydrogens (tertiary/aromatic N) is 5.